The molecule has 0 radical (unpaired) electrons. The molecule has 1 heterocycles. The molecule has 1 aliphatic rings. The Morgan fingerprint density at radius 3 is 2.74 bits per heavy atom. The van der Waals surface area contributed by atoms with Crippen LogP contribution in [-0.4, -0.2) is 24.1 Å². The third-order valence-corrected chi connectivity index (χ3v) is 4.75. The fourth-order valence-corrected chi connectivity index (χ4v) is 3.28. The molecule has 2 amide bonds. The minimum Gasteiger partial charge on any atom is -0.484 e. The highest BCUT2D eigenvalue weighted by molar-refractivity contribution is 14.1. The van der Waals surface area contributed by atoms with Crippen LogP contribution in [0.1, 0.15) is 5.56 Å². The van der Waals surface area contributed by atoms with E-state index in [-0.39, 0.29) is 18.2 Å². The van der Waals surface area contributed by atoms with Crippen LogP contribution >= 0.6 is 22.6 Å². The van der Waals surface area contributed by atoms with Crippen molar-refractivity contribution in [2.24, 2.45) is 5.10 Å². The van der Waals surface area contributed by atoms with E-state index in [1.54, 1.807) is 0 Å². The molecule has 3 aromatic carbocycles. The maximum atomic E-state index is 12.0. The number of hydrogen-bond donors (Lipinski definition) is 2. The van der Waals surface area contributed by atoms with Crippen molar-refractivity contribution in [2.45, 2.75) is 0 Å². The smallest absolute Gasteiger partial charge is 0.277 e. The molecule has 6 nitrogen and oxygen atoms in total. The number of hydrazone groups is 1. The Labute approximate surface area is 168 Å². The molecule has 4 rings (SSSR count). The summed E-state index contributed by atoms with van der Waals surface area (Å²) < 4.78 is 6.50. The first-order valence-corrected chi connectivity index (χ1v) is 9.27. The van der Waals surface area contributed by atoms with E-state index in [1.807, 2.05) is 60.7 Å². The van der Waals surface area contributed by atoms with E-state index in [0.29, 0.717) is 17.0 Å². The molecule has 0 bridgehead atoms. The van der Waals surface area contributed by atoms with E-state index in [9.17, 15) is 9.59 Å². The highest BCUT2D eigenvalue weighted by Gasteiger charge is 2.26. The Hall–Kier alpha value is -2.94. The van der Waals surface area contributed by atoms with Gasteiger partial charge in [-0.15, -0.1) is 0 Å². The molecule has 0 unspecified atom stereocenters. The normalized spacial score (nSPS) is 14.1. The first kappa shape index (κ1) is 17.5. The molecule has 0 atom stereocenters. The summed E-state index contributed by atoms with van der Waals surface area (Å²) in [6, 6.07) is 19.0. The molecule has 1 aliphatic heterocycles. The number of carbonyl (C=O) groups excluding carboxylic acids is 2. The quantitative estimate of drug-likeness (QED) is 0.453. The zero-order valence-electron chi connectivity index (χ0n) is 14.0. The summed E-state index contributed by atoms with van der Waals surface area (Å²) in [4.78, 5) is 24.1. The topological polar surface area (TPSA) is 79.8 Å². The summed E-state index contributed by atoms with van der Waals surface area (Å²) in [7, 11) is 0. The van der Waals surface area contributed by atoms with Crippen LogP contribution < -0.4 is 15.5 Å². The van der Waals surface area contributed by atoms with Crippen molar-refractivity contribution in [3.63, 3.8) is 0 Å². The van der Waals surface area contributed by atoms with Crippen molar-refractivity contribution in [2.75, 3.05) is 11.9 Å². The lowest BCUT2D eigenvalue weighted by Gasteiger charge is -2.06. The standard InChI is InChI=1S/C20H14IN3O3/c21-14-6-8-17-16(10-14)19(20(26)22-17)24-23-18(25)11-27-15-7-5-12-3-1-2-4-13(12)9-15/h1-10H,11H2,(H,23,25)(H,22,24,26). The minimum atomic E-state index is -0.442. The van der Waals surface area contributed by atoms with Crippen LogP contribution in [0.25, 0.3) is 10.8 Å². The monoisotopic (exact) mass is 471 g/mol. The molecule has 0 aliphatic carbocycles. The second-order valence-corrected chi connectivity index (χ2v) is 7.18. The lowest BCUT2D eigenvalue weighted by Crippen LogP contribution is -2.27. The molecular weight excluding hydrogens is 457 g/mol. The number of fused-ring (bicyclic) bond motifs is 2. The molecule has 0 spiro atoms. The van der Waals surface area contributed by atoms with Crippen LogP contribution in [0.3, 0.4) is 0 Å². The summed E-state index contributed by atoms with van der Waals surface area (Å²) in [5, 5.41) is 8.82. The summed E-state index contributed by atoms with van der Waals surface area (Å²) in [6.45, 7) is -0.198. The molecule has 7 heteroatoms. The molecule has 3 aromatic rings. The highest BCUT2D eigenvalue weighted by Crippen LogP contribution is 2.25. The molecular formula is C20H14IN3O3. The van der Waals surface area contributed by atoms with E-state index in [1.165, 1.54) is 0 Å². The number of ether oxygens (including phenoxy) is 1. The van der Waals surface area contributed by atoms with Crippen LogP contribution in [0.2, 0.25) is 0 Å². The second kappa shape index (κ2) is 7.36. The van der Waals surface area contributed by atoms with Gasteiger partial charge in [-0.2, -0.15) is 5.10 Å². The van der Waals surface area contributed by atoms with Gasteiger partial charge in [-0.05, 0) is 63.7 Å². The van der Waals surface area contributed by atoms with E-state index in [4.69, 9.17) is 4.74 Å². The highest BCUT2D eigenvalue weighted by atomic mass is 127. The number of carbonyl (C=O) groups is 2. The third-order valence-electron chi connectivity index (χ3n) is 4.08. The van der Waals surface area contributed by atoms with Gasteiger partial charge in [-0.3, -0.25) is 9.59 Å². The molecule has 134 valence electrons. The van der Waals surface area contributed by atoms with E-state index in [2.05, 4.69) is 38.4 Å². The van der Waals surface area contributed by atoms with Gasteiger partial charge in [0, 0.05) is 9.13 Å². The maximum Gasteiger partial charge on any atom is 0.277 e. The fraction of sp³-hybridized carbons (Fsp3) is 0.0500. The van der Waals surface area contributed by atoms with Gasteiger partial charge in [0.25, 0.3) is 11.8 Å². The Morgan fingerprint density at radius 1 is 1.07 bits per heavy atom. The maximum absolute atomic E-state index is 12.0. The number of amides is 2. The molecule has 27 heavy (non-hydrogen) atoms. The number of rotatable bonds is 4. The number of anilines is 1. The number of nitrogens with one attached hydrogen (secondary N) is 2. The van der Waals surface area contributed by atoms with Crippen molar-refractivity contribution in [3.05, 3.63) is 69.8 Å². The van der Waals surface area contributed by atoms with Gasteiger partial charge < -0.3 is 10.1 Å². The lowest BCUT2D eigenvalue weighted by atomic mass is 10.1. The van der Waals surface area contributed by atoms with Crippen molar-refractivity contribution in [3.8, 4) is 5.75 Å². The Balaban J connectivity index is 1.42. The van der Waals surface area contributed by atoms with Gasteiger partial charge in [0.2, 0.25) is 0 Å². The van der Waals surface area contributed by atoms with Gasteiger partial charge in [0.05, 0.1) is 5.69 Å². The SMILES string of the molecule is O=C(COc1ccc2ccccc2c1)N/N=C1\C(=O)Nc2ccc(I)cc21. The average molecular weight is 471 g/mol. The summed E-state index contributed by atoms with van der Waals surface area (Å²) in [6.07, 6.45) is 0. The molecule has 0 saturated heterocycles. The number of nitrogens with zero attached hydrogens (tertiary/aromatic N) is 1. The second-order valence-electron chi connectivity index (χ2n) is 5.94. The van der Waals surface area contributed by atoms with Crippen LogP contribution in [0.15, 0.2) is 65.8 Å². The first-order valence-electron chi connectivity index (χ1n) is 8.19. The van der Waals surface area contributed by atoms with Crippen molar-refractivity contribution < 1.29 is 14.3 Å². The Morgan fingerprint density at radius 2 is 1.89 bits per heavy atom. The zero-order chi connectivity index (χ0) is 18.8. The molecule has 0 aromatic heterocycles. The predicted octanol–water partition coefficient (Wildman–Crippen LogP) is 3.30. The van der Waals surface area contributed by atoms with Gasteiger partial charge in [-0.1, -0.05) is 30.3 Å². The third kappa shape index (κ3) is 3.77. The lowest BCUT2D eigenvalue weighted by molar-refractivity contribution is -0.123. The van der Waals surface area contributed by atoms with Crippen molar-refractivity contribution in [1.82, 2.24) is 5.43 Å². The number of halogens is 1. The predicted molar refractivity (Wildman–Crippen MR) is 112 cm³/mol. The van der Waals surface area contributed by atoms with Gasteiger partial charge in [0.15, 0.2) is 12.3 Å². The molecule has 0 saturated carbocycles. The summed E-state index contributed by atoms with van der Waals surface area (Å²) >= 11 is 2.16. The Kier molecular flexibility index (Phi) is 4.76. The fourth-order valence-electron chi connectivity index (χ4n) is 2.79. The first-order chi connectivity index (χ1) is 13.1. The number of hydrogen-bond acceptors (Lipinski definition) is 4. The van der Waals surface area contributed by atoms with Gasteiger partial charge in [-0.25, -0.2) is 5.43 Å². The van der Waals surface area contributed by atoms with Gasteiger partial charge >= 0.3 is 0 Å². The minimum absolute atomic E-state index is 0.183. The summed E-state index contributed by atoms with van der Waals surface area (Å²) in [5.74, 6) is -0.194. The van der Waals surface area contributed by atoms with E-state index >= 15 is 0 Å². The van der Waals surface area contributed by atoms with Crippen LogP contribution in [0, 0.1) is 3.57 Å². The van der Waals surface area contributed by atoms with E-state index < -0.39 is 5.91 Å². The largest absolute Gasteiger partial charge is 0.484 e. The zero-order valence-corrected chi connectivity index (χ0v) is 16.2. The average Bonchev–Trinajstić information content (AvgIpc) is 2.99. The van der Waals surface area contributed by atoms with E-state index in [0.717, 1.165) is 14.3 Å². The van der Waals surface area contributed by atoms with Gasteiger partial charge in [0.1, 0.15) is 5.75 Å². The van der Waals surface area contributed by atoms with Crippen LogP contribution in [0.5, 0.6) is 5.75 Å². The summed E-state index contributed by atoms with van der Waals surface area (Å²) in [5.41, 5.74) is 3.92. The Bertz CT molecular complexity index is 1090. The van der Waals surface area contributed by atoms with Crippen LogP contribution in [0.4, 0.5) is 5.69 Å². The van der Waals surface area contributed by atoms with Crippen molar-refractivity contribution in [1.29, 1.82) is 0 Å². The number of benzene rings is 3. The van der Waals surface area contributed by atoms with Crippen molar-refractivity contribution >= 4 is 56.6 Å². The molecule has 0 fully saturated rings. The molecule has 2 N–H and O–H groups in total. The van der Waals surface area contributed by atoms with Crippen LogP contribution in [-0.2, 0) is 9.59 Å².